The minimum atomic E-state index is -0.0480. The predicted octanol–water partition coefficient (Wildman–Crippen LogP) is 1.93. The lowest BCUT2D eigenvalue weighted by Crippen LogP contribution is -2.36. The molecule has 0 saturated carbocycles. The summed E-state index contributed by atoms with van der Waals surface area (Å²) in [7, 11) is 1.92. The molecule has 1 amide bonds. The molecule has 0 radical (unpaired) electrons. The number of carbonyl (C=O) groups excluding carboxylic acids is 1. The molecule has 0 unspecified atom stereocenters. The molecule has 0 aromatic carbocycles. The Morgan fingerprint density at radius 3 is 2.80 bits per heavy atom. The fraction of sp³-hybridized carbons (Fsp3) is 0.524. The summed E-state index contributed by atoms with van der Waals surface area (Å²) in [6.45, 7) is 8.48. The Hall–Kier alpha value is -2.52. The number of fused-ring (bicyclic) bond motifs is 1. The highest BCUT2D eigenvalue weighted by Crippen LogP contribution is 2.25. The first-order valence-corrected chi connectivity index (χ1v) is 11.2. The number of nitrogens with zero attached hydrogens (tertiary/aromatic N) is 6. The van der Waals surface area contributed by atoms with E-state index in [1.165, 1.54) is 5.56 Å². The zero-order chi connectivity index (χ0) is 21.3. The van der Waals surface area contributed by atoms with Crippen molar-refractivity contribution in [2.45, 2.75) is 39.8 Å². The van der Waals surface area contributed by atoms with Crippen LogP contribution in [0.4, 0.5) is 0 Å². The van der Waals surface area contributed by atoms with Crippen LogP contribution in [0.1, 0.15) is 28.8 Å². The molecule has 3 aromatic rings. The monoisotopic (exact) mass is 428 g/mol. The molecule has 0 aliphatic carbocycles. The number of thiophene rings is 1. The molecule has 30 heavy (non-hydrogen) atoms. The number of hydrogen-bond donors (Lipinski definition) is 0. The van der Waals surface area contributed by atoms with Crippen LogP contribution in [0.5, 0.6) is 0 Å². The van der Waals surface area contributed by atoms with Gasteiger partial charge < -0.3 is 4.90 Å². The average Bonchev–Trinajstić information content (AvgIpc) is 3.15. The molecule has 160 valence electrons. The van der Waals surface area contributed by atoms with E-state index in [0.29, 0.717) is 24.9 Å². The highest BCUT2D eigenvalue weighted by atomic mass is 32.1. The van der Waals surface area contributed by atoms with Crippen LogP contribution in [-0.4, -0.2) is 61.2 Å². The van der Waals surface area contributed by atoms with Gasteiger partial charge in [-0.3, -0.25) is 23.7 Å². The Morgan fingerprint density at radius 2 is 2.03 bits per heavy atom. The van der Waals surface area contributed by atoms with Gasteiger partial charge in [0.15, 0.2) is 0 Å². The van der Waals surface area contributed by atoms with E-state index in [9.17, 15) is 9.59 Å². The van der Waals surface area contributed by atoms with Gasteiger partial charge in [-0.15, -0.1) is 11.3 Å². The lowest BCUT2D eigenvalue weighted by molar-refractivity contribution is -0.131. The third-order valence-corrected chi connectivity index (χ3v) is 6.94. The van der Waals surface area contributed by atoms with Crippen LogP contribution in [0.25, 0.3) is 10.2 Å². The summed E-state index contributed by atoms with van der Waals surface area (Å²) >= 11 is 1.54. The van der Waals surface area contributed by atoms with Crippen molar-refractivity contribution >= 4 is 27.5 Å². The van der Waals surface area contributed by atoms with Gasteiger partial charge in [0.05, 0.1) is 17.9 Å². The standard InChI is InChI=1S/C21H28N6O2S/c1-15-16(2)30-20-19(15)21(29)27(14-22-20)8-5-18(28)26-7-4-6-25(9-10-26)13-17-11-23-24(3)12-17/h11-12,14H,4-10,13H2,1-3H3. The van der Waals surface area contributed by atoms with Crippen LogP contribution in [0, 0.1) is 13.8 Å². The minimum absolute atomic E-state index is 0.0480. The first-order valence-electron chi connectivity index (χ1n) is 10.3. The van der Waals surface area contributed by atoms with Crippen LogP contribution in [0.2, 0.25) is 0 Å². The third kappa shape index (κ3) is 4.32. The smallest absolute Gasteiger partial charge is 0.262 e. The topological polar surface area (TPSA) is 76.3 Å². The number of amides is 1. The molecular formula is C21H28N6O2S. The maximum Gasteiger partial charge on any atom is 0.262 e. The molecule has 1 aliphatic rings. The lowest BCUT2D eigenvalue weighted by Gasteiger charge is -2.22. The van der Waals surface area contributed by atoms with Crippen LogP contribution in [-0.2, 0) is 24.9 Å². The first-order chi connectivity index (χ1) is 14.4. The van der Waals surface area contributed by atoms with Gasteiger partial charge in [-0.2, -0.15) is 5.10 Å². The molecule has 3 aromatic heterocycles. The molecule has 0 N–H and O–H groups in total. The molecule has 4 heterocycles. The second-order valence-corrected chi connectivity index (χ2v) is 9.19. The van der Waals surface area contributed by atoms with Crippen molar-refractivity contribution in [3.05, 3.63) is 45.1 Å². The number of carbonyl (C=O) groups is 1. The van der Waals surface area contributed by atoms with Gasteiger partial charge in [0, 0.05) is 69.4 Å². The number of rotatable bonds is 5. The molecule has 0 spiro atoms. The minimum Gasteiger partial charge on any atom is -0.341 e. The molecule has 0 atom stereocenters. The number of aryl methyl sites for hydroxylation is 4. The Balaban J connectivity index is 1.35. The summed E-state index contributed by atoms with van der Waals surface area (Å²) < 4.78 is 3.39. The van der Waals surface area contributed by atoms with E-state index in [1.54, 1.807) is 22.2 Å². The summed E-state index contributed by atoms with van der Waals surface area (Å²) in [6.07, 6.45) is 6.77. The summed E-state index contributed by atoms with van der Waals surface area (Å²) in [6, 6.07) is 0. The van der Waals surface area contributed by atoms with E-state index < -0.39 is 0 Å². The van der Waals surface area contributed by atoms with E-state index in [2.05, 4.69) is 15.0 Å². The quantitative estimate of drug-likeness (QED) is 0.621. The van der Waals surface area contributed by atoms with Crippen molar-refractivity contribution in [1.29, 1.82) is 0 Å². The summed E-state index contributed by atoms with van der Waals surface area (Å²) in [5.74, 6) is 0.100. The largest absolute Gasteiger partial charge is 0.341 e. The van der Waals surface area contributed by atoms with E-state index in [0.717, 1.165) is 47.9 Å². The van der Waals surface area contributed by atoms with Crippen LogP contribution >= 0.6 is 11.3 Å². The Morgan fingerprint density at radius 1 is 1.20 bits per heavy atom. The van der Waals surface area contributed by atoms with Crippen LogP contribution < -0.4 is 5.56 Å². The zero-order valence-electron chi connectivity index (χ0n) is 17.8. The molecule has 8 nitrogen and oxygen atoms in total. The highest BCUT2D eigenvalue weighted by molar-refractivity contribution is 7.18. The van der Waals surface area contributed by atoms with Crippen LogP contribution in [0.3, 0.4) is 0 Å². The van der Waals surface area contributed by atoms with Crippen molar-refractivity contribution < 1.29 is 4.79 Å². The molecule has 4 rings (SSSR count). The third-order valence-electron chi connectivity index (χ3n) is 5.83. The number of aromatic nitrogens is 4. The molecule has 1 fully saturated rings. The second kappa shape index (κ2) is 8.69. The molecule has 9 heteroatoms. The van der Waals surface area contributed by atoms with Crippen molar-refractivity contribution in [1.82, 2.24) is 29.1 Å². The zero-order valence-corrected chi connectivity index (χ0v) is 18.6. The van der Waals surface area contributed by atoms with Gasteiger partial charge in [0.25, 0.3) is 5.56 Å². The Bertz CT molecular complexity index is 1110. The van der Waals surface area contributed by atoms with Crippen molar-refractivity contribution in [2.24, 2.45) is 7.05 Å². The van der Waals surface area contributed by atoms with Gasteiger partial charge in [-0.25, -0.2) is 4.98 Å². The van der Waals surface area contributed by atoms with Gasteiger partial charge in [-0.05, 0) is 25.8 Å². The normalized spacial score (nSPS) is 15.6. The predicted molar refractivity (Wildman–Crippen MR) is 118 cm³/mol. The SMILES string of the molecule is Cc1sc2ncn(CCC(=O)N3CCCN(Cc4cnn(C)c4)CC3)c(=O)c2c1C. The van der Waals surface area contributed by atoms with E-state index in [1.807, 2.05) is 42.9 Å². The summed E-state index contributed by atoms with van der Waals surface area (Å²) in [4.78, 5) is 36.2. The lowest BCUT2D eigenvalue weighted by atomic mass is 10.2. The fourth-order valence-corrected chi connectivity index (χ4v) is 4.98. The molecule has 1 saturated heterocycles. The highest BCUT2D eigenvalue weighted by Gasteiger charge is 2.20. The van der Waals surface area contributed by atoms with Gasteiger partial charge >= 0.3 is 0 Å². The first kappa shape index (κ1) is 20.7. The van der Waals surface area contributed by atoms with Crippen molar-refractivity contribution in [2.75, 3.05) is 26.2 Å². The average molecular weight is 429 g/mol. The maximum absolute atomic E-state index is 12.8. The summed E-state index contributed by atoms with van der Waals surface area (Å²) in [5.41, 5.74) is 2.14. The van der Waals surface area contributed by atoms with E-state index in [4.69, 9.17) is 0 Å². The molecule has 1 aliphatic heterocycles. The Labute approximate surface area is 179 Å². The Kier molecular flexibility index (Phi) is 6.01. The van der Waals surface area contributed by atoms with Crippen molar-refractivity contribution in [3.63, 3.8) is 0 Å². The fourth-order valence-electron chi connectivity index (χ4n) is 3.99. The summed E-state index contributed by atoms with van der Waals surface area (Å²) in [5, 5.41) is 4.92. The van der Waals surface area contributed by atoms with Gasteiger partial charge in [-0.1, -0.05) is 0 Å². The maximum atomic E-state index is 12.8. The van der Waals surface area contributed by atoms with E-state index >= 15 is 0 Å². The van der Waals surface area contributed by atoms with Crippen molar-refractivity contribution in [3.8, 4) is 0 Å². The van der Waals surface area contributed by atoms with E-state index in [-0.39, 0.29) is 11.5 Å². The second-order valence-electron chi connectivity index (χ2n) is 7.99. The molecule has 0 bridgehead atoms. The molecular weight excluding hydrogens is 400 g/mol. The van der Waals surface area contributed by atoms with Crippen LogP contribution in [0.15, 0.2) is 23.5 Å². The number of hydrogen-bond acceptors (Lipinski definition) is 6. The van der Waals surface area contributed by atoms with Gasteiger partial charge in [0.1, 0.15) is 4.83 Å². The van der Waals surface area contributed by atoms with Gasteiger partial charge in [0.2, 0.25) is 5.91 Å².